The van der Waals surface area contributed by atoms with Gasteiger partial charge in [-0.2, -0.15) is 0 Å². The van der Waals surface area contributed by atoms with Crippen LogP contribution < -0.4 is 4.74 Å². The molecule has 5 aromatic rings. The Hall–Kier alpha value is -5.10. The quantitative estimate of drug-likeness (QED) is 0.216. The molecule has 2 heterocycles. The van der Waals surface area contributed by atoms with Gasteiger partial charge in [0.15, 0.2) is 0 Å². The number of likely N-dealkylation sites (N-methyl/N-ethyl adjacent to an activating group) is 2. The standard InChI is InChI=1S/C36H33N3O3/c1-37-33(21-28-16-11-17-30(20-28)42-25-27-14-7-4-8-15-27)35(40)38(2)34(36(37)41)22-29-24-39(23-26-12-5-3-6-13-26)32-19-10-9-18-31(29)32/h3-21,24,34H,22-23,25H2,1-2H3/b33-21-. The molecule has 1 unspecified atom stereocenters. The molecule has 1 saturated heterocycles. The number of nitrogens with zero attached hydrogens (tertiary/aromatic N) is 3. The van der Waals surface area contributed by atoms with Crippen molar-refractivity contribution in [2.24, 2.45) is 0 Å². The molecule has 0 spiro atoms. The van der Waals surface area contributed by atoms with Gasteiger partial charge in [-0.3, -0.25) is 9.59 Å². The van der Waals surface area contributed by atoms with Crippen LogP contribution in [0.3, 0.4) is 0 Å². The van der Waals surface area contributed by atoms with E-state index in [4.69, 9.17) is 4.74 Å². The summed E-state index contributed by atoms with van der Waals surface area (Å²) in [6.07, 6.45) is 4.31. The molecule has 4 aromatic carbocycles. The third kappa shape index (κ3) is 5.56. The van der Waals surface area contributed by atoms with Gasteiger partial charge < -0.3 is 19.1 Å². The first-order valence-electron chi connectivity index (χ1n) is 14.1. The van der Waals surface area contributed by atoms with Gasteiger partial charge in [0.05, 0.1) is 0 Å². The van der Waals surface area contributed by atoms with Gasteiger partial charge in [-0.25, -0.2) is 0 Å². The molecule has 6 rings (SSSR count). The van der Waals surface area contributed by atoms with Crippen LogP contribution in [0.5, 0.6) is 5.75 Å². The van der Waals surface area contributed by atoms with E-state index in [1.807, 2.05) is 84.9 Å². The van der Waals surface area contributed by atoms with Crippen molar-refractivity contribution in [2.75, 3.05) is 14.1 Å². The summed E-state index contributed by atoms with van der Waals surface area (Å²) in [6, 6.07) is 35.5. The Balaban J connectivity index is 1.22. The zero-order valence-electron chi connectivity index (χ0n) is 23.8. The van der Waals surface area contributed by atoms with Gasteiger partial charge in [0, 0.05) is 44.2 Å². The van der Waals surface area contributed by atoms with Gasteiger partial charge in [0.1, 0.15) is 24.1 Å². The highest BCUT2D eigenvalue weighted by Gasteiger charge is 2.39. The first kappa shape index (κ1) is 27.1. The highest BCUT2D eigenvalue weighted by Crippen LogP contribution is 2.28. The van der Waals surface area contributed by atoms with Crippen molar-refractivity contribution in [2.45, 2.75) is 25.6 Å². The number of ether oxygens (including phenoxy) is 1. The lowest BCUT2D eigenvalue weighted by Crippen LogP contribution is -2.56. The van der Waals surface area contributed by atoms with Crippen molar-refractivity contribution in [3.05, 3.63) is 143 Å². The number of hydrogen-bond donors (Lipinski definition) is 0. The highest BCUT2D eigenvalue weighted by molar-refractivity contribution is 6.07. The minimum atomic E-state index is -0.601. The number of aromatic nitrogens is 1. The number of rotatable bonds is 8. The second-order valence-electron chi connectivity index (χ2n) is 10.7. The van der Waals surface area contributed by atoms with E-state index in [0.717, 1.165) is 34.1 Å². The molecular formula is C36H33N3O3. The van der Waals surface area contributed by atoms with Gasteiger partial charge in [0.2, 0.25) is 5.91 Å². The van der Waals surface area contributed by atoms with Crippen LogP contribution in [0.15, 0.2) is 121 Å². The van der Waals surface area contributed by atoms with Crippen LogP contribution in [-0.2, 0) is 29.2 Å². The second kappa shape index (κ2) is 11.8. The van der Waals surface area contributed by atoms with Crippen LogP contribution in [-0.4, -0.2) is 46.3 Å². The average molecular weight is 556 g/mol. The van der Waals surface area contributed by atoms with E-state index in [1.165, 1.54) is 10.5 Å². The molecule has 1 aliphatic heterocycles. The van der Waals surface area contributed by atoms with E-state index >= 15 is 0 Å². The monoisotopic (exact) mass is 555 g/mol. The molecule has 1 aromatic heterocycles. The third-order valence-electron chi connectivity index (χ3n) is 7.87. The second-order valence-corrected chi connectivity index (χ2v) is 10.7. The first-order valence-corrected chi connectivity index (χ1v) is 14.1. The lowest BCUT2D eigenvalue weighted by atomic mass is 9.99. The molecule has 1 aliphatic rings. The fourth-order valence-electron chi connectivity index (χ4n) is 5.55. The Labute approximate surface area is 246 Å². The minimum Gasteiger partial charge on any atom is -0.489 e. The molecule has 1 atom stereocenters. The number of fused-ring (bicyclic) bond motifs is 1. The molecule has 42 heavy (non-hydrogen) atoms. The summed E-state index contributed by atoms with van der Waals surface area (Å²) in [5.74, 6) is 0.397. The SMILES string of the molecule is CN1C(=O)C(Cc2cn(Cc3ccccc3)c3ccccc23)N(C)C(=O)/C1=C/c1cccc(OCc2ccccc2)c1. The molecule has 0 radical (unpaired) electrons. The van der Waals surface area contributed by atoms with Gasteiger partial charge in [0.25, 0.3) is 5.91 Å². The van der Waals surface area contributed by atoms with Crippen LogP contribution >= 0.6 is 0 Å². The van der Waals surface area contributed by atoms with E-state index in [2.05, 4.69) is 35.0 Å². The molecule has 210 valence electrons. The Bertz CT molecular complexity index is 1760. The maximum atomic E-state index is 13.7. The van der Waals surface area contributed by atoms with Crippen LogP contribution in [0.2, 0.25) is 0 Å². The lowest BCUT2D eigenvalue weighted by Gasteiger charge is -2.38. The molecule has 2 amide bonds. The number of piperazine rings is 1. The van der Waals surface area contributed by atoms with E-state index < -0.39 is 6.04 Å². The fourth-order valence-corrected chi connectivity index (χ4v) is 5.55. The normalized spacial score (nSPS) is 16.4. The van der Waals surface area contributed by atoms with Crippen molar-refractivity contribution in [3.63, 3.8) is 0 Å². The van der Waals surface area contributed by atoms with Crippen molar-refractivity contribution in [1.29, 1.82) is 0 Å². The Kier molecular flexibility index (Phi) is 7.60. The Morgan fingerprint density at radius 2 is 1.48 bits per heavy atom. The van der Waals surface area contributed by atoms with Crippen molar-refractivity contribution in [1.82, 2.24) is 14.4 Å². The Morgan fingerprint density at radius 3 is 2.24 bits per heavy atom. The summed E-state index contributed by atoms with van der Waals surface area (Å²) in [5.41, 5.74) is 5.56. The smallest absolute Gasteiger partial charge is 0.271 e. The van der Waals surface area contributed by atoms with Crippen LogP contribution in [0.4, 0.5) is 0 Å². The molecule has 0 aliphatic carbocycles. The van der Waals surface area contributed by atoms with Gasteiger partial charge in [-0.15, -0.1) is 0 Å². The van der Waals surface area contributed by atoms with Crippen molar-refractivity contribution < 1.29 is 14.3 Å². The number of benzene rings is 4. The molecular weight excluding hydrogens is 522 g/mol. The molecule has 0 N–H and O–H groups in total. The number of hydrogen-bond acceptors (Lipinski definition) is 3. The number of para-hydroxylation sites is 1. The maximum absolute atomic E-state index is 13.7. The number of carbonyl (C=O) groups is 2. The summed E-state index contributed by atoms with van der Waals surface area (Å²) >= 11 is 0. The van der Waals surface area contributed by atoms with Crippen LogP contribution in [0.1, 0.15) is 22.3 Å². The fraction of sp³-hybridized carbons (Fsp3) is 0.167. The number of amides is 2. The summed E-state index contributed by atoms with van der Waals surface area (Å²) in [5, 5.41) is 1.10. The molecule has 0 saturated carbocycles. The van der Waals surface area contributed by atoms with Gasteiger partial charge >= 0.3 is 0 Å². The largest absolute Gasteiger partial charge is 0.489 e. The van der Waals surface area contributed by atoms with Crippen LogP contribution in [0, 0.1) is 0 Å². The first-order chi connectivity index (χ1) is 20.5. The average Bonchev–Trinajstić information content (AvgIpc) is 3.37. The summed E-state index contributed by atoms with van der Waals surface area (Å²) in [4.78, 5) is 30.4. The summed E-state index contributed by atoms with van der Waals surface area (Å²) in [7, 11) is 3.40. The van der Waals surface area contributed by atoms with Crippen LogP contribution in [0.25, 0.3) is 17.0 Å². The zero-order valence-corrected chi connectivity index (χ0v) is 23.8. The maximum Gasteiger partial charge on any atom is 0.271 e. The predicted molar refractivity (Wildman–Crippen MR) is 166 cm³/mol. The van der Waals surface area contributed by atoms with E-state index in [9.17, 15) is 9.59 Å². The predicted octanol–water partition coefficient (Wildman–Crippen LogP) is 6.15. The van der Waals surface area contributed by atoms with E-state index in [-0.39, 0.29) is 11.8 Å². The highest BCUT2D eigenvalue weighted by atomic mass is 16.5. The van der Waals surface area contributed by atoms with Gasteiger partial charge in [-0.05, 0) is 46.5 Å². The molecule has 6 nitrogen and oxygen atoms in total. The Morgan fingerprint density at radius 1 is 0.786 bits per heavy atom. The summed E-state index contributed by atoms with van der Waals surface area (Å²) < 4.78 is 8.19. The zero-order chi connectivity index (χ0) is 29.1. The topological polar surface area (TPSA) is 54.8 Å². The lowest BCUT2D eigenvalue weighted by molar-refractivity contribution is -0.148. The van der Waals surface area contributed by atoms with Crippen molar-refractivity contribution >= 4 is 28.8 Å². The van der Waals surface area contributed by atoms with Crippen molar-refractivity contribution in [3.8, 4) is 5.75 Å². The van der Waals surface area contributed by atoms with E-state index in [1.54, 1.807) is 25.1 Å². The molecule has 0 bridgehead atoms. The molecule has 1 fully saturated rings. The third-order valence-corrected chi connectivity index (χ3v) is 7.87. The van der Waals surface area contributed by atoms with Gasteiger partial charge in [-0.1, -0.05) is 91.0 Å². The minimum absolute atomic E-state index is 0.111. The van der Waals surface area contributed by atoms with E-state index in [0.29, 0.717) is 24.5 Å². The molecule has 6 heteroatoms. The summed E-state index contributed by atoms with van der Waals surface area (Å²) in [6.45, 7) is 1.18. The number of carbonyl (C=O) groups excluding carboxylic acids is 2.